The van der Waals surface area contributed by atoms with E-state index in [0.29, 0.717) is 11.1 Å². The van der Waals surface area contributed by atoms with E-state index in [4.69, 9.17) is 4.42 Å². The van der Waals surface area contributed by atoms with Crippen LogP contribution in [-0.4, -0.2) is 40.9 Å². The molecule has 10 heteroatoms. The molecule has 0 amide bonds. The van der Waals surface area contributed by atoms with Crippen molar-refractivity contribution in [2.24, 2.45) is 0 Å². The smallest absolute Gasteiger partial charge is 0.238 e. The van der Waals surface area contributed by atoms with Gasteiger partial charge in [0.1, 0.15) is 34.1 Å². The van der Waals surface area contributed by atoms with Gasteiger partial charge >= 0.3 is 0 Å². The molecular weight excluding hydrogens is 508 g/mol. The van der Waals surface area contributed by atoms with Gasteiger partial charge in [0.15, 0.2) is 22.8 Å². The van der Waals surface area contributed by atoms with Gasteiger partial charge in [-0.3, -0.25) is 4.79 Å². The summed E-state index contributed by atoms with van der Waals surface area (Å²) in [6.07, 6.45) is 3.18. The molecule has 0 bridgehead atoms. The highest BCUT2D eigenvalue weighted by Crippen LogP contribution is 2.46. The van der Waals surface area contributed by atoms with E-state index in [9.17, 15) is 45.6 Å². The lowest BCUT2D eigenvalue weighted by molar-refractivity contribution is 0.403. The Balaban J connectivity index is 1.74. The molecule has 0 spiro atoms. The second kappa shape index (κ2) is 9.27. The van der Waals surface area contributed by atoms with Crippen LogP contribution in [0.25, 0.3) is 45.6 Å². The first-order valence-electron chi connectivity index (χ1n) is 11.3. The number of phenols is 7. The van der Waals surface area contributed by atoms with Crippen LogP contribution < -0.4 is 5.43 Å². The van der Waals surface area contributed by atoms with Crippen molar-refractivity contribution in [1.29, 1.82) is 0 Å². The lowest BCUT2D eigenvalue weighted by atomic mass is 9.97. The van der Waals surface area contributed by atoms with E-state index >= 15 is 0 Å². The highest BCUT2D eigenvalue weighted by molar-refractivity contribution is 6.02. The number of aromatic hydroxyl groups is 8. The van der Waals surface area contributed by atoms with Crippen molar-refractivity contribution in [2.45, 2.75) is 0 Å². The maximum Gasteiger partial charge on any atom is 0.238 e. The predicted molar refractivity (Wildman–Crippen MR) is 142 cm³/mol. The monoisotopic (exact) mass is 528 g/mol. The number of hydrogen-bond donors (Lipinski definition) is 8. The van der Waals surface area contributed by atoms with Crippen LogP contribution in [0, 0.1) is 0 Å². The van der Waals surface area contributed by atoms with Crippen LogP contribution in [0.4, 0.5) is 0 Å². The zero-order valence-corrected chi connectivity index (χ0v) is 19.8. The maximum absolute atomic E-state index is 13.1. The predicted octanol–water partition coefficient (Wildman–Crippen LogP) is 4.94. The van der Waals surface area contributed by atoms with Crippen LogP contribution in [0.15, 0.2) is 69.9 Å². The fraction of sp³-hybridized carbons (Fsp3) is 0. The summed E-state index contributed by atoms with van der Waals surface area (Å²) in [5, 5.41) is 80.9. The average molecular weight is 528 g/mol. The third-order valence-corrected chi connectivity index (χ3v) is 6.02. The Morgan fingerprint density at radius 2 is 1.26 bits per heavy atom. The Kier molecular flexibility index (Phi) is 5.92. The first-order valence-corrected chi connectivity index (χ1v) is 11.3. The van der Waals surface area contributed by atoms with Crippen molar-refractivity contribution in [2.75, 3.05) is 0 Å². The van der Waals surface area contributed by atoms with Crippen LogP contribution in [0.2, 0.25) is 0 Å². The van der Waals surface area contributed by atoms with E-state index < -0.39 is 45.3 Å². The van der Waals surface area contributed by atoms with Gasteiger partial charge in [-0.05, 0) is 53.6 Å². The number of hydrogen-bond acceptors (Lipinski definition) is 10. The van der Waals surface area contributed by atoms with Crippen LogP contribution in [0.3, 0.4) is 0 Å². The Morgan fingerprint density at radius 1 is 0.590 bits per heavy atom. The standard InChI is InChI=1S/C29H20O10/c30-16-7-14(8-17(31)11-16)2-1-13-3-5-19(32)18(9-13)24-22(35)12-23(36)25-26(37)27(38)28(39-29(24)25)15-4-6-20(33)21(34)10-15/h1-12,30-36,38H/b2-1+. The SMILES string of the molecule is O=c1c(O)c(-c2ccc(O)c(O)c2)oc2c(-c3cc(/C=C/c4cc(O)cc(O)c4)ccc3O)c(O)cc(O)c12. The first kappa shape index (κ1) is 24.9. The Bertz CT molecular complexity index is 1850. The molecule has 4 aromatic carbocycles. The molecule has 0 saturated heterocycles. The van der Waals surface area contributed by atoms with Gasteiger partial charge in [0.05, 0.1) is 5.56 Å². The normalized spacial score (nSPS) is 11.4. The molecule has 39 heavy (non-hydrogen) atoms. The number of fused-ring (bicyclic) bond motifs is 1. The minimum atomic E-state index is -1.04. The van der Waals surface area contributed by atoms with E-state index in [0.717, 1.165) is 18.2 Å². The van der Waals surface area contributed by atoms with Crippen molar-refractivity contribution in [3.8, 4) is 68.4 Å². The molecule has 0 saturated carbocycles. The zero-order chi connectivity index (χ0) is 28.0. The molecular formula is C29H20O10. The molecule has 10 nitrogen and oxygen atoms in total. The average Bonchev–Trinajstić information content (AvgIpc) is 2.87. The van der Waals surface area contributed by atoms with Crippen LogP contribution in [0.5, 0.6) is 46.0 Å². The summed E-state index contributed by atoms with van der Waals surface area (Å²) in [5.74, 6) is -4.15. The Hall–Kier alpha value is -5.77. The van der Waals surface area contributed by atoms with Crippen molar-refractivity contribution in [3.63, 3.8) is 0 Å². The minimum Gasteiger partial charge on any atom is -0.508 e. The van der Waals surface area contributed by atoms with Gasteiger partial charge in [-0.1, -0.05) is 18.2 Å². The van der Waals surface area contributed by atoms with Crippen molar-refractivity contribution < 1.29 is 45.3 Å². The second-order valence-corrected chi connectivity index (χ2v) is 8.70. The van der Waals surface area contributed by atoms with Gasteiger partial charge in [-0.15, -0.1) is 0 Å². The lowest BCUT2D eigenvalue weighted by Crippen LogP contribution is -2.04. The molecule has 1 aromatic heterocycles. The summed E-state index contributed by atoms with van der Waals surface area (Å²) >= 11 is 0. The summed E-state index contributed by atoms with van der Waals surface area (Å²) in [4.78, 5) is 13.1. The van der Waals surface area contributed by atoms with Gasteiger partial charge in [-0.2, -0.15) is 0 Å². The molecule has 5 aromatic rings. The van der Waals surface area contributed by atoms with Crippen molar-refractivity contribution in [1.82, 2.24) is 0 Å². The number of phenolic OH excluding ortho intramolecular Hbond substituents is 7. The van der Waals surface area contributed by atoms with E-state index in [2.05, 4.69) is 0 Å². The molecule has 196 valence electrons. The summed E-state index contributed by atoms with van der Waals surface area (Å²) in [6, 6.07) is 12.6. The van der Waals surface area contributed by atoms with Gasteiger partial charge < -0.3 is 45.3 Å². The van der Waals surface area contributed by atoms with Crippen LogP contribution >= 0.6 is 0 Å². The quantitative estimate of drug-likeness (QED) is 0.117. The number of rotatable bonds is 4. The molecule has 0 aliphatic rings. The summed E-state index contributed by atoms with van der Waals surface area (Å²) in [7, 11) is 0. The molecule has 5 rings (SSSR count). The molecule has 0 fully saturated rings. The van der Waals surface area contributed by atoms with Gasteiger partial charge in [0.25, 0.3) is 0 Å². The molecule has 0 aliphatic heterocycles. The summed E-state index contributed by atoms with van der Waals surface area (Å²) < 4.78 is 5.80. The largest absolute Gasteiger partial charge is 0.508 e. The van der Waals surface area contributed by atoms with Crippen LogP contribution in [-0.2, 0) is 0 Å². The lowest BCUT2D eigenvalue weighted by Gasteiger charge is -2.14. The van der Waals surface area contributed by atoms with Crippen molar-refractivity contribution in [3.05, 3.63) is 82.0 Å². The molecule has 0 radical (unpaired) electrons. The topological polar surface area (TPSA) is 192 Å². The highest BCUT2D eigenvalue weighted by atomic mass is 16.4. The molecule has 0 unspecified atom stereocenters. The van der Waals surface area contributed by atoms with Crippen molar-refractivity contribution >= 4 is 23.1 Å². The fourth-order valence-corrected chi connectivity index (χ4v) is 4.21. The summed E-state index contributed by atoms with van der Waals surface area (Å²) in [6.45, 7) is 0. The third-order valence-electron chi connectivity index (χ3n) is 6.02. The molecule has 0 atom stereocenters. The zero-order valence-electron chi connectivity index (χ0n) is 19.8. The van der Waals surface area contributed by atoms with E-state index in [1.54, 1.807) is 18.2 Å². The molecule has 0 aliphatic carbocycles. The molecule has 1 heterocycles. The van der Waals surface area contributed by atoms with Gasteiger partial charge in [0, 0.05) is 23.3 Å². The highest BCUT2D eigenvalue weighted by Gasteiger charge is 2.25. The van der Waals surface area contributed by atoms with E-state index in [-0.39, 0.29) is 39.5 Å². The van der Waals surface area contributed by atoms with Gasteiger partial charge in [0.2, 0.25) is 11.2 Å². The second-order valence-electron chi connectivity index (χ2n) is 8.70. The van der Waals surface area contributed by atoms with E-state index in [1.165, 1.54) is 36.4 Å². The van der Waals surface area contributed by atoms with Gasteiger partial charge in [-0.25, -0.2) is 0 Å². The molecule has 8 N–H and O–H groups in total. The summed E-state index contributed by atoms with van der Waals surface area (Å²) in [5.41, 5.74) is -0.604. The third kappa shape index (κ3) is 4.46. The maximum atomic E-state index is 13.1. The van der Waals surface area contributed by atoms with E-state index in [1.807, 2.05) is 0 Å². The van der Waals surface area contributed by atoms with Crippen LogP contribution in [0.1, 0.15) is 11.1 Å². The fourth-order valence-electron chi connectivity index (χ4n) is 4.21. The number of benzene rings is 4. The first-order chi connectivity index (χ1) is 18.5. The minimum absolute atomic E-state index is 0.00542. The Labute approximate surface area is 219 Å². The Morgan fingerprint density at radius 3 is 1.95 bits per heavy atom.